The molecule has 0 radical (unpaired) electrons. The Labute approximate surface area is 72.5 Å². The molecule has 0 atom stereocenters. The molecule has 0 saturated heterocycles. The Morgan fingerprint density at radius 2 is 2.67 bits per heavy atom. The van der Waals surface area contributed by atoms with Crippen molar-refractivity contribution in [3.05, 3.63) is 6.33 Å². The van der Waals surface area contributed by atoms with Crippen LogP contribution in [0.1, 0.15) is 0 Å². The number of hydrogen-bond acceptors (Lipinski definition) is 5. The van der Waals surface area contributed by atoms with E-state index in [2.05, 4.69) is 14.8 Å². The first-order valence-corrected chi connectivity index (χ1v) is 4.01. The van der Waals surface area contributed by atoms with Gasteiger partial charge in [-0.2, -0.15) is 5.10 Å². The maximum Gasteiger partial charge on any atom is 0.506 e. The van der Waals surface area contributed by atoms with E-state index in [0.29, 0.717) is 5.16 Å². The van der Waals surface area contributed by atoms with E-state index in [4.69, 9.17) is 5.11 Å². The van der Waals surface area contributed by atoms with Gasteiger partial charge < -0.3 is 9.84 Å². The first-order chi connectivity index (χ1) is 5.70. The SMILES string of the molecule is Cn1ncnc1SCOC(=O)O. The van der Waals surface area contributed by atoms with Crippen LogP contribution in [0.2, 0.25) is 0 Å². The Hall–Kier alpha value is -1.24. The highest BCUT2D eigenvalue weighted by atomic mass is 32.2. The van der Waals surface area contributed by atoms with E-state index >= 15 is 0 Å². The van der Waals surface area contributed by atoms with Crippen LogP contribution in [-0.2, 0) is 11.8 Å². The fraction of sp³-hybridized carbons (Fsp3) is 0.400. The van der Waals surface area contributed by atoms with E-state index in [0.717, 1.165) is 0 Å². The average Bonchev–Trinajstić information content (AvgIpc) is 2.36. The molecule has 1 heterocycles. The maximum atomic E-state index is 9.93. The van der Waals surface area contributed by atoms with Crippen LogP contribution in [0, 0.1) is 0 Å². The molecule has 0 bridgehead atoms. The van der Waals surface area contributed by atoms with Gasteiger partial charge in [0.2, 0.25) is 0 Å². The van der Waals surface area contributed by atoms with E-state index in [1.165, 1.54) is 22.8 Å². The lowest BCUT2D eigenvalue weighted by Crippen LogP contribution is -2.00. The maximum absolute atomic E-state index is 9.93. The second-order valence-electron chi connectivity index (χ2n) is 1.84. The number of aromatic nitrogens is 3. The van der Waals surface area contributed by atoms with Crippen LogP contribution in [0.25, 0.3) is 0 Å². The van der Waals surface area contributed by atoms with E-state index in [-0.39, 0.29) is 5.94 Å². The van der Waals surface area contributed by atoms with Crippen LogP contribution >= 0.6 is 11.8 Å². The third-order valence-corrected chi connectivity index (χ3v) is 1.90. The van der Waals surface area contributed by atoms with Gasteiger partial charge in [-0.1, -0.05) is 0 Å². The molecule has 1 N–H and O–H groups in total. The number of nitrogens with zero attached hydrogens (tertiary/aromatic N) is 3. The van der Waals surface area contributed by atoms with Gasteiger partial charge in [0.15, 0.2) is 5.16 Å². The lowest BCUT2D eigenvalue weighted by molar-refractivity contribution is 0.109. The molecule has 6 nitrogen and oxygen atoms in total. The second-order valence-corrected chi connectivity index (χ2v) is 2.73. The number of ether oxygens (including phenoxy) is 1. The molecule has 0 aliphatic rings. The van der Waals surface area contributed by atoms with Crippen LogP contribution in [0.4, 0.5) is 4.79 Å². The van der Waals surface area contributed by atoms with Gasteiger partial charge in [0, 0.05) is 7.05 Å². The highest BCUT2D eigenvalue weighted by molar-refractivity contribution is 7.99. The minimum absolute atomic E-state index is 0.0296. The fourth-order valence-corrected chi connectivity index (χ4v) is 1.17. The highest BCUT2D eigenvalue weighted by Crippen LogP contribution is 2.12. The molecule has 0 aromatic carbocycles. The fourth-order valence-electron chi connectivity index (χ4n) is 0.549. The predicted octanol–water partition coefficient (Wildman–Crippen LogP) is 0.559. The molecule has 0 unspecified atom stereocenters. The molecular weight excluding hydrogens is 182 g/mol. The van der Waals surface area contributed by atoms with Crippen molar-refractivity contribution < 1.29 is 14.6 Å². The van der Waals surface area contributed by atoms with Crippen LogP contribution in [0.3, 0.4) is 0 Å². The molecule has 0 aliphatic carbocycles. The van der Waals surface area contributed by atoms with E-state index in [9.17, 15) is 4.79 Å². The van der Waals surface area contributed by atoms with Gasteiger partial charge in [-0.05, 0) is 11.8 Å². The van der Waals surface area contributed by atoms with Gasteiger partial charge in [-0.25, -0.2) is 14.5 Å². The number of carboxylic acid groups (broad SMARTS) is 1. The molecule has 1 rings (SSSR count). The van der Waals surface area contributed by atoms with Crippen molar-refractivity contribution in [1.29, 1.82) is 0 Å². The smallest absolute Gasteiger partial charge is 0.450 e. The van der Waals surface area contributed by atoms with E-state index in [1.54, 1.807) is 7.05 Å². The number of thioether (sulfide) groups is 1. The van der Waals surface area contributed by atoms with E-state index in [1.807, 2.05) is 0 Å². The minimum atomic E-state index is -1.29. The Balaban J connectivity index is 2.33. The number of carbonyl (C=O) groups is 1. The molecule has 0 spiro atoms. The summed E-state index contributed by atoms with van der Waals surface area (Å²) in [6, 6.07) is 0. The minimum Gasteiger partial charge on any atom is -0.450 e. The van der Waals surface area contributed by atoms with Crippen molar-refractivity contribution in [3.63, 3.8) is 0 Å². The zero-order valence-electron chi connectivity index (χ0n) is 6.30. The summed E-state index contributed by atoms with van der Waals surface area (Å²) in [5.74, 6) is 0.0296. The summed E-state index contributed by atoms with van der Waals surface area (Å²) in [5.41, 5.74) is 0. The van der Waals surface area contributed by atoms with E-state index < -0.39 is 6.16 Å². The van der Waals surface area contributed by atoms with Crippen molar-refractivity contribution in [2.24, 2.45) is 7.05 Å². The lowest BCUT2D eigenvalue weighted by atomic mass is 11.2. The van der Waals surface area contributed by atoms with Crippen LogP contribution in [0.15, 0.2) is 11.5 Å². The molecular formula is C5H7N3O3S. The van der Waals surface area contributed by atoms with Gasteiger partial charge in [0.05, 0.1) is 0 Å². The molecule has 1 aromatic rings. The summed E-state index contributed by atoms with van der Waals surface area (Å²) < 4.78 is 5.81. The first kappa shape index (κ1) is 8.85. The van der Waals surface area contributed by atoms with Crippen LogP contribution in [0.5, 0.6) is 0 Å². The first-order valence-electron chi connectivity index (χ1n) is 3.02. The number of aryl methyl sites for hydroxylation is 1. The van der Waals surface area contributed by atoms with Crippen molar-refractivity contribution >= 4 is 17.9 Å². The summed E-state index contributed by atoms with van der Waals surface area (Å²) >= 11 is 1.17. The predicted molar refractivity (Wildman–Crippen MR) is 40.8 cm³/mol. The van der Waals surface area contributed by atoms with Crippen molar-refractivity contribution in [1.82, 2.24) is 14.8 Å². The molecule has 0 saturated carbocycles. The molecule has 0 amide bonds. The van der Waals surface area contributed by atoms with Gasteiger partial charge in [-0.15, -0.1) is 0 Å². The van der Waals surface area contributed by atoms with Gasteiger partial charge in [0.1, 0.15) is 12.3 Å². The van der Waals surface area contributed by atoms with Crippen LogP contribution < -0.4 is 0 Å². The number of rotatable bonds is 3. The molecule has 0 aliphatic heterocycles. The van der Waals surface area contributed by atoms with Crippen molar-refractivity contribution in [2.45, 2.75) is 5.16 Å². The number of hydrogen-bond donors (Lipinski definition) is 1. The summed E-state index contributed by atoms with van der Waals surface area (Å²) in [5, 5.41) is 12.6. The monoisotopic (exact) mass is 189 g/mol. The summed E-state index contributed by atoms with van der Waals surface area (Å²) in [4.78, 5) is 13.8. The standard InChI is InChI=1S/C5H7N3O3S/c1-8-4(6-2-7-8)12-3-11-5(9)10/h2H,3H2,1H3,(H,9,10). The average molecular weight is 189 g/mol. The summed E-state index contributed by atoms with van der Waals surface area (Å²) in [7, 11) is 1.72. The van der Waals surface area contributed by atoms with Gasteiger partial charge >= 0.3 is 6.16 Å². The molecule has 66 valence electrons. The summed E-state index contributed by atoms with van der Waals surface area (Å²) in [6.45, 7) is 0. The Kier molecular flexibility index (Phi) is 2.92. The molecule has 1 aromatic heterocycles. The second kappa shape index (κ2) is 3.96. The normalized spacial score (nSPS) is 9.75. The molecule has 7 heteroatoms. The Morgan fingerprint density at radius 3 is 3.17 bits per heavy atom. The quantitative estimate of drug-likeness (QED) is 0.425. The zero-order valence-corrected chi connectivity index (χ0v) is 7.11. The lowest BCUT2D eigenvalue weighted by Gasteiger charge is -1.98. The largest absolute Gasteiger partial charge is 0.506 e. The third-order valence-electron chi connectivity index (χ3n) is 1.04. The summed E-state index contributed by atoms with van der Waals surface area (Å²) in [6.07, 6.45) is 0.105. The zero-order chi connectivity index (χ0) is 8.97. The van der Waals surface area contributed by atoms with Crippen molar-refractivity contribution in [2.75, 3.05) is 5.94 Å². The van der Waals surface area contributed by atoms with Gasteiger partial charge in [-0.3, -0.25) is 0 Å². The Bertz CT molecular complexity index is 275. The van der Waals surface area contributed by atoms with Gasteiger partial charge in [0.25, 0.3) is 0 Å². The van der Waals surface area contributed by atoms with Crippen molar-refractivity contribution in [3.8, 4) is 0 Å². The molecule has 0 fully saturated rings. The highest BCUT2D eigenvalue weighted by Gasteiger charge is 2.02. The Morgan fingerprint density at radius 1 is 1.92 bits per heavy atom. The van der Waals surface area contributed by atoms with Crippen LogP contribution in [-0.4, -0.2) is 32.0 Å². The molecule has 12 heavy (non-hydrogen) atoms. The third kappa shape index (κ3) is 2.42. The topological polar surface area (TPSA) is 77.2 Å².